The largest absolute Gasteiger partial charge is 0.488 e. The maximum atomic E-state index is 14.2. The zero-order valence-corrected chi connectivity index (χ0v) is 21.8. The molecule has 1 saturated carbocycles. The standard InChI is InChI=1S/C30H23F3N4O4/c1-15(27-35-30(38)41-36-27)25-20-8-4-16(11-18(20)14-39-24-13-19(31)7-9-21(24)25)12-22-26(17-5-6-17)34-28-23(40-29(32)33)3-2-10-37(22)28/h2-4,7-11,13,17,29H,5-6,12,14H2,1H3,(H,35,36,38)/b25-15+. The van der Waals surface area contributed by atoms with E-state index in [4.69, 9.17) is 19.0 Å². The Kier molecular flexibility index (Phi) is 5.95. The van der Waals surface area contributed by atoms with Crippen LogP contribution in [0.4, 0.5) is 13.2 Å². The number of alkyl halides is 2. The van der Waals surface area contributed by atoms with Crippen LogP contribution in [0, 0.1) is 5.82 Å². The number of aromatic nitrogens is 4. The summed E-state index contributed by atoms with van der Waals surface area (Å²) in [7, 11) is 0. The van der Waals surface area contributed by atoms with Gasteiger partial charge in [-0.2, -0.15) is 8.78 Å². The van der Waals surface area contributed by atoms with E-state index in [9.17, 15) is 18.0 Å². The summed E-state index contributed by atoms with van der Waals surface area (Å²) in [6.07, 6.45) is 4.29. The fraction of sp³-hybridized carbons (Fsp3) is 0.233. The Bertz CT molecular complexity index is 1900. The van der Waals surface area contributed by atoms with E-state index in [2.05, 4.69) is 10.1 Å². The van der Waals surface area contributed by atoms with Gasteiger partial charge in [0.1, 0.15) is 18.2 Å². The minimum absolute atomic E-state index is 0.0344. The molecule has 0 spiro atoms. The lowest BCUT2D eigenvalue weighted by Gasteiger charge is -2.14. The monoisotopic (exact) mass is 560 g/mol. The van der Waals surface area contributed by atoms with Crippen LogP contribution in [0.3, 0.4) is 0 Å². The molecule has 4 heterocycles. The average Bonchev–Trinajstić information content (AvgIpc) is 3.63. The van der Waals surface area contributed by atoms with Crippen molar-refractivity contribution in [1.82, 2.24) is 19.5 Å². The molecule has 0 unspecified atom stereocenters. The van der Waals surface area contributed by atoms with Crippen LogP contribution in [0.5, 0.6) is 11.5 Å². The molecular weight excluding hydrogens is 537 g/mol. The van der Waals surface area contributed by atoms with Gasteiger partial charge in [0.25, 0.3) is 0 Å². The van der Waals surface area contributed by atoms with E-state index >= 15 is 0 Å². The molecule has 8 nitrogen and oxygen atoms in total. The van der Waals surface area contributed by atoms with Crippen LogP contribution in [0.15, 0.2) is 64.0 Å². The molecule has 0 atom stereocenters. The SMILES string of the molecule is C/C(=C1/c2ccc(Cc3c(C4CC4)nc4c(OC(F)F)cccn34)cc2COc2cc(F)ccc21)c1noc(=O)[nH]1. The third-order valence-corrected chi connectivity index (χ3v) is 7.50. The fourth-order valence-corrected chi connectivity index (χ4v) is 5.51. The summed E-state index contributed by atoms with van der Waals surface area (Å²) in [5, 5.41) is 3.86. The number of benzene rings is 2. The number of rotatable bonds is 6. The van der Waals surface area contributed by atoms with Gasteiger partial charge in [-0.3, -0.25) is 9.51 Å². The Balaban J connectivity index is 1.34. The van der Waals surface area contributed by atoms with E-state index in [1.54, 1.807) is 19.1 Å². The van der Waals surface area contributed by atoms with Crippen molar-refractivity contribution in [3.63, 3.8) is 0 Å². The molecule has 3 aromatic heterocycles. The highest BCUT2D eigenvalue weighted by Gasteiger charge is 2.31. The molecule has 7 rings (SSSR count). The van der Waals surface area contributed by atoms with Gasteiger partial charge in [-0.1, -0.05) is 23.4 Å². The molecule has 1 N–H and O–H groups in total. The predicted molar refractivity (Wildman–Crippen MR) is 142 cm³/mol. The molecule has 41 heavy (non-hydrogen) atoms. The number of hydrogen-bond donors (Lipinski definition) is 1. The molecule has 2 aliphatic rings. The van der Waals surface area contributed by atoms with Crippen LogP contribution in [-0.4, -0.2) is 26.1 Å². The lowest BCUT2D eigenvalue weighted by molar-refractivity contribution is -0.0491. The number of pyridine rings is 1. The summed E-state index contributed by atoms with van der Waals surface area (Å²) >= 11 is 0. The molecule has 1 aliphatic carbocycles. The summed E-state index contributed by atoms with van der Waals surface area (Å²) < 4.78 is 57.7. The highest BCUT2D eigenvalue weighted by molar-refractivity contribution is 5.99. The van der Waals surface area contributed by atoms with Gasteiger partial charge in [-0.05, 0) is 66.3 Å². The van der Waals surface area contributed by atoms with Crippen molar-refractivity contribution in [2.45, 2.75) is 45.3 Å². The second-order valence-electron chi connectivity index (χ2n) is 10.2. The van der Waals surface area contributed by atoms with Crippen molar-refractivity contribution < 1.29 is 27.2 Å². The quantitative estimate of drug-likeness (QED) is 0.270. The number of aromatic amines is 1. The Hall–Kier alpha value is -4.80. The van der Waals surface area contributed by atoms with E-state index in [0.717, 1.165) is 46.5 Å². The summed E-state index contributed by atoms with van der Waals surface area (Å²) in [6, 6.07) is 13.5. The van der Waals surface area contributed by atoms with Crippen LogP contribution < -0.4 is 15.2 Å². The van der Waals surface area contributed by atoms with Crippen LogP contribution in [0.1, 0.15) is 65.1 Å². The minimum atomic E-state index is -2.95. The number of imidazole rings is 1. The van der Waals surface area contributed by atoms with Crippen LogP contribution >= 0.6 is 0 Å². The number of ether oxygens (including phenoxy) is 2. The van der Waals surface area contributed by atoms with Gasteiger partial charge in [0.2, 0.25) is 0 Å². The fourth-order valence-electron chi connectivity index (χ4n) is 5.51. The van der Waals surface area contributed by atoms with Crippen molar-refractivity contribution in [2.75, 3.05) is 0 Å². The molecule has 208 valence electrons. The first-order valence-electron chi connectivity index (χ1n) is 13.1. The molecule has 0 amide bonds. The van der Waals surface area contributed by atoms with Gasteiger partial charge in [-0.15, -0.1) is 0 Å². The normalized spacial score (nSPS) is 15.8. The number of allylic oxidation sites excluding steroid dienone is 1. The first-order valence-corrected chi connectivity index (χ1v) is 13.1. The van der Waals surface area contributed by atoms with Crippen molar-refractivity contribution in [3.05, 3.63) is 111 Å². The van der Waals surface area contributed by atoms with Crippen molar-refractivity contribution in [3.8, 4) is 11.5 Å². The number of fused-ring (bicyclic) bond motifs is 3. The van der Waals surface area contributed by atoms with Crippen LogP contribution in [0.2, 0.25) is 0 Å². The molecule has 0 bridgehead atoms. The Morgan fingerprint density at radius 3 is 2.76 bits per heavy atom. The molecule has 11 heteroatoms. The summed E-state index contributed by atoms with van der Waals surface area (Å²) in [5.41, 5.74) is 6.83. The van der Waals surface area contributed by atoms with Gasteiger partial charge in [0.15, 0.2) is 17.2 Å². The molecule has 1 fully saturated rings. The lowest BCUT2D eigenvalue weighted by atomic mass is 9.89. The molecule has 1 aliphatic heterocycles. The van der Waals surface area contributed by atoms with Crippen LogP contribution in [-0.2, 0) is 13.0 Å². The number of H-pyrrole nitrogens is 1. The second kappa shape index (κ2) is 9.69. The third kappa shape index (κ3) is 4.56. The third-order valence-electron chi connectivity index (χ3n) is 7.50. The molecule has 5 aromatic rings. The maximum Gasteiger partial charge on any atom is 0.439 e. The van der Waals surface area contributed by atoms with Crippen molar-refractivity contribution in [2.24, 2.45) is 0 Å². The van der Waals surface area contributed by atoms with Crippen molar-refractivity contribution >= 4 is 16.8 Å². The topological polar surface area (TPSA) is 94.7 Å². The zero-order chi connectivity index (χ0) is 28.2. The number of halogens is 3. The molecule has 0 saturated heterocycles. The van der Waals surface area contributed by atoms with E-state index in [1.807, 2.05) is 28.8 Å². The van der Waals surface area contributed by atoms with Crippen LogP contribution in [0.25, 0.3) is 16.8 Å². The van der Waals surface area contributed by atoms with E-state index in [-0.39, 0.29) is 24.1 Å². The Morgan fingerprint density at radius 2 is 2.00 bits per heavy atom. The van der Waals surface area contributed by atoms with Gasteiger partial charge in [0, 0.05) is 35.7 Å². The highest BCUT2D eigenvalue weighted by atomic mass is 19.3. The van der Waals surface area contributed by atoms with Gasteiger partial charge >= 0.3 is 12.4 Å². The molecule has 0 radical (unpaired) electrons. The van der Waals surface area contributed by atoms with Gasteiger partial charge < -0.3 is 13.9 Å². The molecular formula is C30H23F3N4O4. The lowest BCUT2D eigenvalue weighted by Crippen LogP contribution is -2.04. The number of nitrogens with one attached hydrogen (secondary N) is 1. The first kappa shape index (κ1) is 25.2. The summed E-state index contributed by atoms with van der Waals surface area (Å²) in [5.74, 6) is -0.170. The smallest absolute Gasteiger partial charge is 0.439 e. The molecule has 2 aromatic carbocycles. The van der Waals surface area contributed by atoms with Gasteiger partial charge in [0.05, 0.1) is 11.4 Å². The summed E-state index contributed by atoms with van der Waals surface area (Å²) in [4.78, 5) is 19.0. The zero-order valence-electron chi connectivity index (χ0n) is 21.8. The summed E-state index contributed by atoms with van der Waals surface area (Å²) in [6.45, 7) is -0.965. The average molecular weight is 561 g/mol. The Morgan fingerprint density at radius 1 is 1.17 bits per heavy atom. The maximum absolute atomic E-state index is 14.2. The number of nitrogens with zero attached hydrogens (tertiary/aromatic N) is 3. The minimum Gasteiger partial charge on any atom is -0.488 e. The predicted octanol–water partition coefficient (Wildman–Crippen LogP) is 6.09. The Labute approximate surface area is 231 Å². The highest BCUT2D eigenvalue weighted by Crippen LogP contribution is 2.44. The van der Waals surface area contributed by atoms with Gasteiger partial charge in [-0.25, -0.2) is 14.2 Å². The van der Waals surface area contributed by atoms with E-state index in [1.165, 1.54) is 18.2 Å². The van der Waals surface area contributed by atoms with E-state index in [0.29, 0.717) is 29.0 Å². The first-order chi connectivity index (χ1) is 19.9. The number of hydrogen-bond acceptors (Lipinski definition) is 6. The van der Waals surface area contributed by atoms with E-state index < -0.39 is 18.2 Å². The van der Waals surface area contributed by atoms with Crippen molar-refractivity contribution in [1.29, 1.82) is 0 Å². The second-order valence-corrected chi connectivity index (χ2v) is 10.2.